The lowest BCUT2D eigenvalue weighted by molar-refractivity contribution is 0.102. The van der Waals surface area contributed by atoms with Gasteiger partial charge in [0.15, 0.2) is 0 Å². The Bertz CT molecular complexity index is 1210. The molecule has 0 heterocycles. The zero-order valence-electron chi connectivity index (χ0n) is 16.5. The first kappa shape index (κ1) is 22.3. The van der Waals surface area contributed by atoms with Crippen molar-refractivity contribution in [3.8, 4) is 17.2 Å². The van der Waals surface area contributed by atoms with Crippen LogP contribution >= 0.6 is 11.6 Å². The molecule has 0 spiro atoms. The predicted molar refractivity (Wildman–Crippen MR) is 118 cm³/mol. The monoisotopic (exact) mass is 462 g/mol. The molecule has 0 aliphatic carbocycles. The second kappa shape index (κ2) is 9.15. The van der Waals surface area contributed by atoms with E-state index in [1.165, 1.54) is 44.6 Å². The van der Waals surface area contributed by atoms with Gasteiger partial charge < -0.3 is 19.9 Å². The van der Waals surface area contributed by atoms with Gasteiger partial charge in [-0.15, -0.1) is 0 Å². The molecule has 0 aliphatic heterocycles. The second-order valence-electron chi connectivity index (χ2n) is 6.35. The van der Waals surface area contributed by atoms with Gasteiger partial charge in [-0.1, -0.05) is 17.7 Å². The molecule has 3 aromatic carbocycles. The highest BCUT2D eigenvalue weighted by Crippen LogP contribution is 2.29. The van der Waals surface area contributed by atoms with Gasteiger partial charge in [0.05, 0.1) is 30.5 Å². The molecule has 1 amide bonds. The molecule has 162 valence electrons. The van der Waals surface area contributed by atoms with Crippen molar-refractivity contribution in [2.75, 3.05) is 24.3 Å². The van der Waals surface area contributed by atoms with E-state index in [1.54, 1.807) is 24.3 Å². The Labute approximate surface area is 184 Å². The van der Waals surface area contributed by atoms with Crippen LogP contribution in [0.15, 0.2) is 65.6 Å². The summed E-state index contributed by atoms with van der Waals surface area (Å²) in [7, 11) is -1.11. The summed E-state index contributed by atoms with van der Waals surface area (Å²) in [5.74, 6) is -0.0960. The van der Waals surface area contributed by atoms with E-state index in [1.807, 2.05) is 0 Å². The molecule has 3 N–H and O–H groups in total. The lowest BCUT2D eigenvalue weighted by Crippen LogP contribution is -2.15. The fourth-order valence-electron chi connectivity index (χ4n) is 2.68. The topological polar surface area (TPSA) is 114 Å². The highest BCUT2D eigenvalue weighted by molar-refractivity contribution is 7.92. The molecule has 3 aromatic rings. The zero-order valence-corrected chi connectivity index (χ0v) is 18.1. The number of carbonyl (C=O) groups is 1. The van der Waals surface area contributed by atoms with Crippen LogP contribution in [0.1, 0.15) is 10.4 Å². The van der Waals surface area contributed by atoms with Gasteiger partial charge in [0.1, 0.15) is 17.2 Å². The van der Waals surface area contributed by atoms with Gasteiger partial charge >= 0.3 is 0 Å². The molecule has 0 bridgehead atoms. The SMILES string of the molecule is COc1cc(OC)cc(C(=O)Nc2cc(S(=O)(=O)Nc3cccc(Cl)c3)ccc2O)c1. The van der Waals surface area contributed by atoms with Gasteiger partial charge in [-0.05, 0) is 48.5 Å². The fourth-order valence-corrected chi connectivity index (χ4v) is 3.95. The number of anilines is 2. The van der Waals surface area contributed by atoms with Crippen LogP contribution in [0.4, 0.5) is 11.4 Å². The van der Waals surface area contributed by atoms with Crippen molar-refractivity contribution in [2.24, 2.45) is 0 Å². The smallest absolute Gasteiger partial charge is 0.261 e. The van der Waals surface area contributed by atoms with E-state index in [2.05, 4.69) is 10.0 Å². The average Bonchev–Trinajstić information content (AvgIpc) is 2.74. The molecule has 10 heteroatoms. The third-order valence-corrected chi connectivity index (χ3v) is 5.83. The number of sulfonamides is 1. The fraction of sp³-hybridized carbons (Fsp3) is 0.0952. The third kappa shape index (κ3) is 5.39. The van der Waals surface area contributed by atoms with E-state index in [9.17, 15) is 18.3 Å². The summed E-state index contributed by atoms with van der Waals surface area (Å²) in [5, 5.41) is 13.0. The number of methoxy groups -OCH3 is 2. The summed E-state index contributed by atoms with van der Waals surface area (Å²) in [6, 6.07) is 14.3. The Morgan fingerprint density at radius 2 is 1.65 bits per heavy atom. The Balaban J connectivity index is 1.88. The Hall–Kier alpha value is -3.43. The molecule has 0 radical (unpaired) electrons. The van der Waals surface area contributed by atoms with Gasteiger partial charge in [0, 0.05) is 16.7 Å². The van der Waals surface area contributed by atoms with E-state index in [4.69, 9.17) is 21.1 Å². The molecular weight excluding hydrogens is 444 g/mol. The van der Waals surface area contributed by atoms with Crippen LogP contribution in [0.5, 0.6) is 17.2 Å². The summed E-state index contributed by atoms with van der Waals surface area (Å²) in [6.45, 7) is 0. The van der Waals surface area contributed by atoms with Gasteiger partial charge in [-0.2, -0.15) is 0 Å². The minimum Gasteiger partial charge on any atom is -0.506 e. The quantitative estimate of drug-likeness (QED) is 0.455. The highest BCUT2D eigenvalue weighted by Gasteiger charge is 2.18. The lowest BCUT2D eigenvalue weighted by atomic mass is 10.1. The first-order chi connectivity index (χ1) is 14.7. The maximum absolute atomic E-state index is 12.7. The number of amides is 1. The van der Waals surface area contributed by atoms with Gasteiger partial charge in [-0.25, -0.2) is 8.42 Å². The van der Waals surface area contributed by atoms with Crippen LogP contribution in [0.2, 0.25) is 5.02 Å². The number of aromatic hydroxyl groups is 1. The van der Waals surface area contributed by atoms with Crippen molar-refractivity contribution in [1.82, 2.24) is 0 Å². The molecule has 0 atom stereocenters. The van der Waals surface area contributed by atoms with Crippen LogP contribution in [-0.2, 0) is 10.0 Å². The third-order valence-electron chi connectivity index (χ3n) is 4.22. The summed E-state index contributed by atoms with van der Waals surface area (Å²) in [5.41, 5.74) is 0.385. The summed E-state index contributed by atoms with van der Waals surface area (Å²) < 4.78 is 38.1. The van der Waals surface area contributed by atoms with Crippen LogP contribution in [0.25, 0.3) is 0 Å². The number of phenolic OH excluding ortho intramolecular Hbond substituents is 1. The molecular formula is C21H19ClN2O6S. The van der Waals surface area contributed by atoms with Crippen LogP contribution in [0, 0.1) is 0 Å². The van der Waals surface area contributed by atoms with Crippen molar-refractivity contribution in [1.29, 1.82) is 0 Å². The molecule has 3 rings (SSSR count). The number of nitrogens with one attached hydrogen (secondary N) is 2. The van der Waals surface area contributed by atoms with Crippen molar-refractivity contribution >= 4 is 38.9 Å². The number of hydrogen-bond acceptors (Lipinski definition) is 6. The van der Waals surface area contributed by atoms with Gasteiger partial charge in [0.25, 0.3) is 15.9 Å². The minimum absolute atomic E-state index is 0.0826. The van der Waals surface area contributed by atoms with Crippen LogP contribution in [0.3, 0.4) is 0 Å². The van der Waals surface area contributed by atoms with Gasteiger partial charge in [0.2, 0.25) is 0 Å². The van der Waals surface area contributed by atoms with E-state index in [0.717, 1.165) is 6.07 Å². The minimum atomic E-state index is -4.00. The molecule has 0 saturated heterocycles. The normalized spacial score (nSPS) is 10.9. The molecule has 0 fully saturated rings. The summed E-state index contributed by atoms with van der Waals surface area (Å²) in [4.78, 5) is 12.5. The molecule has 0 saturated carbocycles. The Kier molecular flexibility index (Phi) is 6.57. The Morgan fingerprint density at radius 3 is 2.26 bits per heavy atom. The maximum atomic E-state index is 12.7. The van der Waals surface area contributed by atoms with Crippen molar-refractivity contribution in [3.63, 3.8) is 0 Å². The number of carbonyl (C=O) groups excluding carboxylic acids is 1. The van der Waals surface area contributed by atoms with Crippen molar-refractivity contribution < 1.29 is 27.8 Å². The number of ether oxygens (including phenoxy) is 2. The number of rotatable bonds is 7. The number of halogens is 1. The summed E-state index contributed by atoms with van der Waals surface area (Å²) in [6.07, 6.45) is 0. The molecule has 31 heavy (non-hydrogen) atoms. The Morgan fingerprint density at radius 1 is 0.968 bits per heavy atom. The van der Waals surface area contributed by atoms with Crippen LogP contribution < -0.4 is 19.5 Å². The average molecular weight is 463 g/mol. The largest absolute Gasteiger partial charge is 0.506 e. The molecule has 0 aromatic heterocycles. The standard InChI is InChI=1S/C21H19ClN2O6S/c1-29-16-8-13(9-17(11-16)30-2)21(26)23-19-12-18(6-7-20(19)25)31(27,28)24-15-5-3-4-14(22)10-15/h3-12,24-25H,1-2H3,(H,23,26). The molecule has 0 unspecified atom stereocenters. The van der Waals surface area contributed by atoms with Crippen molar-refractivity contribution in [2.45, 2.75) is 4.90 Å². The zero-order chi connectivity index (χ0) is 22.6. The first-order valence-electron chi connectivity index (χ1n) is 8.87. The van der Waals surface area contributed by atoms with E-state index in [-0.39, 0.29) is 27.6 Å². The van der Waals surface area contributed by atoms with E-state index in [0.29, 0.717) is 16.5 Å². The second-order valence-corrected chi connectivity index (χ2v) is 8.47. The van der Waals surface area contributed by atoms with Crippen molar-refractivity contribution in [3.05, 3.63) is 71.2 Å². The number of phenols is 1. The molecule has 8 nitrogen and oxygen atoms in total. The van der Waals surface area contributed by atoms with Gasteiger partial charge in [-0.3, -0.25) is 9.52 Å². The predicted octanol–water partition coefficient (Wildman–Crippen LogP) is 4.12. The molecule has 0 aliphatic rings. The lowest BCUT2D eigenvalue weighted by Gasteiger charge is -2.13. The first-order valence-corrected chi connectivity index (χ1v) is 10.7. The summed E-state index contributed by atoms with van der Waals surface area (Å²) >= 11 is 5.89. The van der Waals surface area contributed by atoms with Crippen LogP contribution in [-0.4, -0.2) is 33.7 Å². The maximum Gasteiger partial charge on any atom is 0.261 e. The van der Waals surface area contributed by atoms with E-state index < -0.39 is 15.9 Å². The van der Waals surface area contributed by atoms with E-state index >= 15 is 0 Å². The number of hydrogen-bond donors (Lipinski definition) is 3. The highest BCUT2D eigenvalue weighted by atomic mass is 35.5. The number of benzene rings is 3.